The number of aliphatic hydroxyl groups is 2. The van der Waals surface area contributed by atoms with E-state index in [4.69, 9.17) is 4.74 Å². The third-order valence-electron chi connectivity index (χ3n) is 8.41. The molecule has 0 aliphatic carbocycles. The van der Waals surface area contributed by atoms with Gasteiger partial charge in [-0.3, -0.25) is 4.79 Å². The molecule has 1 aromatic carbocycles. The predicted octanol–water partition coefficient (Wildman–Crippen LogP) is 8.47. The van der Waals surface area contributed by atoms with Crippen molar-refractivity contribution >= 4 is 5.97 Å². The van der Waals surface area contributed by atoms with Gasteiger partial charge >= 0.3 is 5.97 Å². The second-order valence-electron chi connectivity index (χ2n) is 12.2. The van der Waals surface area contributed by atoms with E-state index in [0.29, 0.717) is 26.0 Å². The van der Waals surface area contributed by atoms with Crippen LogP contribution in [-0.2, 0) is 22.4 Å². The van der Waals surface area contributed by atoms with E-state index in [1.807, 2.05) is 0 Å². The first-order chi connectivity index (χ1) is 20.1. The van der Waals surface area contributed by atoms with E-state index >= 15 is 0 Å². The van der Waals surface area contributed by atoms with Crippen molar-refractivity contribution in [2.24, 2.45) is 0 Å². The molecule has 0 saturated heterocycles. The number of hydrogen-bond donors (Lipinski definition) is 3. The van der Waals surface area contributed by atoms with E-state index in [-0.39, 0.29) is 19.2 Å². The van der Waals surface area contributed by atoms with Crippen LogP contribution in [-0.4, -0.2) is 48.1 Å². The Kier molecular flexibility index (Phi) is 24.0. The lowest BCUT2D eigenvalue weighted by Gasteiger charge is -2.31. The lowest BCUT2D eigenvalue weighted by Crippen LogP contribution is -2.52. The summed E-state index contributed by atoms with van der Waals surface area (Å²) in [5.74, 6) is -0.0874. The molecule has 0 radical (unpaired) electrons. The van der Waals surface area contributed by atoms with Gasteiger partial charge < -0.3 is 20.3 Å². The quantitative estimate of drug-likeness (QED) is 0.0659. The first-order valence-corrected chi connectivity index (χ1v) is 17.3. The van der Waals surface area contributed by atoms with Crippen molar-refractivity contribution in [2.75, 3.05) is 26.4 Å². The number of unbranched alkanes of at least 4 members (excludes halogenated alkanes) is 15. The smallest absolute Gasteiger partial charge is 0.305 e. The van der Waals surface area contributed by atoms with Gasteiger partial charge in [0.2, 0.25) is 0 Å². The third-order valence-corrected chi connectivity index (χ3v) is 8.41. The minimum absolute atomic E-state index is 0.0874. The molecule has 0 aliphatic rings. The molecule has 3 N–H and O–H groups in total. The Bertz CT molecular complexity index is 717. The van der Waals surface area contributed by atoms with E-state index in [1.165, 1.54) is 94.6 Å². The van der Waals surface area contributed by atoms with Crippen molar-refractivity contribution in [1.82, 2.24) is 5.32 Å². The molecule has 0 saturated carbocycles. The topological polar surface area (TPSA) is 78.8 Å². The lowest BCUT2D eigenvalue weighted by atomic mass is 9.92. The van der Waals surface area contributed by atoms with Crippen LogP contribution in [0.4, 0.5) is 0 Å². The van der Waals surface area contributed by atoms with Gasteiger partial charge in [-0.15, -0.1) is 0 Å². The van der Waals surface area contributed by atoms with Gasteiger partial charge in [0.15, 0.2) is 0 Å². The van der Waals surface area contributed by atoms with Gasteiger partial charge in [0.1, 0.15) is 0 Å². The van der Waals surface area contributed by atoms with Crippen LogP contribution < -0.4 is 5.32 Å². The molecule has 0 unspecified atom stereocenters. The number of aliphatic hydroxyl groups excluding tert-OH is 2. The van der Waals surface area contributed by atoms with Crippen LogP contribution in [0.3, 0.4) is 0 Å². The van der Waals surface area contributed by atoms with Gasteiger partial charge in [-0.1, -0.05) is 128 Å². The summed E-state index contributed by atoms with van der Waals surface area (Å²) in [6, 6.07) is 8.85. The molecule has 0 aliphatic heterocycles. The number of carbonyl (C=O) groups excluding carboxylic acids is 1. The number of nitrogens with one attached hydrogen (secondary N) is 1. The molecule has 1 rings (SSSR count). The molecule has 1 aromatic rings. The van der Waals surface area contributed by atoms with Gasteiger partial charge in [-0.25, -0.2) is 0 Å². The number of hydrogen-bond acceptors (Lipinski definition) is 5. The highest BCUT2D eigenvalue weighted by atomic mass is 16.5. The molecule has 41 heavy (non-hydrogen) atoms. The van der Waals surface area contributed by atoms with Crippen LogP contribution in [0.25, 0.3) is 0 Å². The molecule has 238 valence electrons. The highest BCUT2D eigenvalue weighted by molar-refractivity contribution is 5.69. The standard InChI is InChI=1S/C36H65NO4/c1-3-5-7-9-11-12-13-15-20-30-41-35(40)22-18-16-19-29-37-36(31-38,32-39)28-27-34-25-23-33(24-26-34)21-17-14-10-8-6-4-2/h23-26,37-39H,3-22,27-32H2,1-2H3. The van der Waals surface area contributed by atoms with Crippen LogP contribution >= 0.6 is 0 Å². The molecule has 0 bridgehead atoms. The maximum absolute atomic E-state index is 12.0. The number of esters is 1. The van der Waals surface area contributed by atoms with Crippen molar-refractivity contribution < 1.29 is 19.7 Å². The van der Waals surface area contributed by atoms with Gasteiger partial charge in [0.25, 0.3) is 0 Å². The Hall–Kier alpha value is -1.43. The van der Waals surface area contributed by atoms with E-state index in [0.717, 1.165) is 44.9 Å². The normalized spacial score (nSPS) is 11.7. The largest absolute Gasteiger partial charge is 0.466 e. The molecular weight excluding hydrogens is 510 g/mol. The molecule has 5 nitrogen and oxygen atoms in total. The second kappa shape index (κ2) is 26.2. The monoisotopic (exact) mass is 575 g/mol. The average Bonchev–Trinajstić information content (AvgIpc) is 3.00. The Morgan fingerprint density at radius 1 is 0.659 bits per heavy atom. The SMILES string of the molecule is CCCCCCCCCCCOC(=O)CCCCCNC(CO)(CO)CCc1ccc(CCCCCCCC)cc1. The molecule has 0 amide bonds. The summed E-state index contributed by atoms with van der Waals surface area (Å²) in [4.78, 5) is 12.0. The Morgan fingerprint density at radius 2 is 1.15 bits per heavy atom. The zero-order valence-electron chi connectivity index (χ0n) is 26.9. The molecular formula is C36H65NO4. The van der Waals surface area contributed by atoms with Crippen molar-refractivity contribution in [1.29, 1.82) is 0 Å². The van der Waals surface area contributed by atoms with E-state index in [9.17, 15) is 15.0 Å². The molecule has 0 fully saturated rings. The Labute approximate surface area is 253 Å². The van der Waals surface area contributed by atoms with Gasteiger partial charge in [-0.05, 0) is 62.6 Å². The Balaban J connectivity index is 2.13. The minimum Gasteiger partial charge on any atom is -0.466 e. The summed E-state index contributed by atoms with van der Waals surface area (Å²) >= 11 is 0. The number of benzene rings is 1. The lowest BCUT2D eigenvalue weighted by molar-refractivity contribution is -0.143. The number of ether oxygens (including phenoxy) is 1. The summed E-state index contributed by atoms with van der Waals surface area (Å²) in [6.07, 6.45) is 25.0. The molecule has 0 atom stereocenters. The first kappa shape index (κ1) is 37.6. The van der Waals surface area contributed by atoms with Crippen LogP contribution in [0.5, 0.6) is 0 Å². The summed E-state index contributed by atoms with van der Waals surface area (Å²) < 4.78 is 5.40. The predicted molar refractivity (Wildman–Crippen MR) is 173 cm³/mol. The number of aryl methyl sites for hydroxylation is 2. The fourth-order valence-electron chi connectivity index (χ4n) is 5.37. The van der Waals surface area contributed by atoms with E-state index in [2.05, 4.69) is 43.4 Å². The minimum atomic E-state index is -0.675. The number of rotatable bonds is 29. The van der Waals surface area contributed by atoms with E-state index < -0.39 is 5.54 Å². The fourth-order valence-corrected chi connectivity index (χ4v) is 5.37. The Morgan fingerprint density at radius 3 is 1.71 bits per heavy atom. The van der Waals surface area contributed by atoms with Crippen molar-refractivity contribution in [3.8, 4) is 0 Å². The first-order valence-electron chi connectivity index (χ1n) is 17.3. The zero-order valence-corrected chi connectivity index (χ0v) is 26.9. The molecule has 0 heterocycles. The zero-order chi connectivity index (χ0) is 29.9. The second-order valence-corrected chi connectivity index (χ2v) is 12.2. The molecule has 0 aromatic heterocycles. The maximum Gasteiger partial charge on any atom is 0.305 e. The summed E-state index contributed by atoms with van der Waals surface area (Å²) in [5.41, 5.74) is 1.96. The van der Waals surface area contributed by atoms with Gasteiger partial charge in [0, 0.05) is 6.42 Å². The van der Waals surface area contributed by atoms with Crippen molar-refractivity contribution in [3.63, 3.8) is 0 Å². The molecule has 0 spiro atoms. The van der Waals surface area contributed by atoms with E-state index in [1.54, 1.807) is 0 Å². The number of carbonyl (C=O) groups is 1. The summed E-state index contributed by atoms with van der Waals surface area (Å²) in [6.45, 7) is 5.58. The highest BCUT2D eigenvalue weighted by Gasteiger charge is 2.27. The highest BCUT2D eigenvalue weighted by Crippen LogP contribution is 2.17. The summed E-state index contributed by atoms with van der Waals surface area (Å²) in [5, 5.41) is 23.5. The van der Waals surface area contributed by atoms with Crippen LogP contribution in [0.1, 0.15) is 153 Å². The summed E-state index contributed by atoms with van der Waals surface area (Å²) in [7, 11) is 0. The van der Waals surface area contributed by atoms with Crippen molar-refractivity contribution in [2.45, 2.75) is 161 Å². The van der Waals surface area contributed by atoms with Gasteiger partial charge in [-0.2, -0.15) is 0 Å². The van der Waals surface area contributed by atoms with Crippen LogP contribution in [0.2, 0.25) is 0 Å². The molecule has 5 heteroatoms. The van der Waals surface area contributed by atoms with Crippen LogP contribution in [0.15, 0.2) is 24.3 Å². The third kappa shape index (κ3) is 20.2. The van der Waals surface area contributed by atoms with Crippen molar-refractivity contribution in [3.05, 3.63) is 35.4 Å². The van der Waals surface area contributed by atoms with Gasteiger partial charge in [0.05, 0.1) is 25.4 Å². The average molecular weight is 576 g/mol. The maximum atomic E-state index is 12.0. The fraction of sp³-hybridized carbons (Fsp3) is 0.806. The van der Waals surface area contributed by atoms with Crippen LogP contribution in [0, 0.1) is 0 Å².